The largest absolute Gasteiger partial charge is 0.481 e. The van der Waals surface area contributed by atoms with Gasteiger partial charge in [0.05, 0.1) is 0 Å². The summed E-state index contributed by atoms with van der Waals surface area (Å²) in [6, 6.07) is 7.35. The molecule has 0 aromatic heterocycles. The maximum atomic E-state index is 12.0. The highest BCUT2D eigenvalue weighted by atomic mass is 16.4. The predicted molar refractivity (Wildman–Crippen MR) is 73.0 cm³/mol. The molecule has 1 aromatic rings. The van der Waals surface area contributed by atoms with Gasteiger partial charge in [-0.15, -0.1) is 0 Å². The average molecular weight is 264 g/mol. The van der Waals surface area contributed by atoms with Crippen molar-refractivity contribution < 1.29 is 14.7 Å². The molecule has 0 aliphatic rings. The zero-order valence-electron chi connectivity index (χ0n) is 11.1. The number of hydrogen-bond acceptors (Lipinski definition) is 3. The van der Waals surface area contributed by atoms with E-state index >= 15 is 0 Å². The third-order valence-corrected chi connectivity index (χ3v) is 2.86. The van der Waals surface area contributed by atoms with Crippen LogP contribution in [0.25, 0.3) is 0 Å². The fourth-order valence-corrected chi connectivity index (χ4v) is 1.77. The van der Waals surface area contributed by atoms with E-state index in [1.54, 1.807) is 24.1 Å². The Kier molecular flexibility index (Phi) is 6.02. The van der Waals surface area contributed by atoms with Gasteiger partial charge in [-0.2, -0.15) is 0 Å². The number of carbonyl (C=O) groups excluding carboxylic acids is 1. The highest BCUT2D eigenvalue weighted by molar-refractivity contribution is 5.94. The van der Waals surface area contributed by atoms with Gasteiger partial charge in [0.15, 0.2) is 0 Å². The molecule has 0 atom stereocenters. The molecule has 0 aliphatic heterocycles. The molecule has 1 rings (SSSR count). The van der Waals surface area contributed by atoms with E-state index < -0.39 is 5.97 Å². The van der Waals surface area contributed by atoms with Gasteiger partial charge >= 0.3 is 5.97 Å². The molecule has 0 saturated heterocycles. The third kappa shape index (κ3) is 5.09. The first-order valence-corrected chi connectivity index (χ1v) is 6.31. The summed E-state index contributed by atoms with van der Waals surface area (Å²) in [5.41, 5.74) is 7.18. The summed E-state index contributed by atoms with van der Waals surface area (Å²) in [4.78, 5) is 24.0. The Bertz CT molecular complexity index is 429. The zero-order valence-corrected chi connectivity index (χ0v) is 11.1. The van der Waals surface area contributed by atoms with Crippen molar-refractivity contribution in [3.63, 3.8) is 0 Å². The molecule has 3 N–H and O–H groups in total. The molecule has 1 aromatic carbocycles. The van der Waals surface area contributed by atoms with E-state index in [0.717, 1.165) is 12.0 Å². The molecule has 0 radical (unpaired) electrons. The van der Waals surface area contributed by atoms with Gasteiger partial charge in [-0.05, 0) is 37.1 Å². The van der Waals surface area contributed by atoms with Gasteiger partial charge < -0.3 is 15.7 Å². The highest BCUT2D eigenvalue weighted by Gasteiger charge is 2.11. The fourth-order valence-electron chi connectivity index (χ4n) is 1.77. The number of nitrogens with two attached hydrogens (primary N) is 1. The van der Waals surface area contributed by atoms with Crippen LogP contribution in [0, 0.1) is 0 Å². The summed E-state index contributed by atoms with van der Waals surface area (Å²) in [6.45, 7) is 1.03. The van der Waals surface area contributed by atoms with Gasteiger partial charge in [-0.1, -0.05) is 12.1 Å². The smallest absolute Gasteiger partial charge is 0.303 e. The van der Waals surface area contributed by atoms with E-state index in [4.69, 9.17) is 10.8 Å². The quantitative estimate of drug-likeness (QED) is 0.773. The molecule has 0 fully saturated rings. The number of amides is 1. The van der Waals surface area contributed by atoms with Crippen LogP contribution >= 0.6 is 0 Å². The molecular formula is C14H20N2O3. The van der Waals surface area contributed by atoms with E-state index in [2.05, 4.69) is 0 Å². The Labute approximate surface area is 113 Å². The van der Waals surface area contributed by atoms with Crippen LogP contribution in [0.2, 0.25) is 0 Å². The summed E-state index contributed by atoms with van der Waals surface area (Å²) in [7, 11) is 1.68. The Hall–Kier alpha value is -1.88. The predicted octanol–water partition coefficient (Wildman–Crippen LogP) is 1.12. The van der Waals surface area contributed by atoms with Crippen LogP contribution in [-0.2, 0) is 11.2 Å². The second kappa shape index (κ2) is 7.53. The summed E-state index contributed by atoms with van der Waals surface area (Å²) >= 11 is 0. The minimum Gasteiger partial charge on any atom is -0.481 e. The van der Waals surface area contributed by atoms with Crippen LogP contribution in [-0.4, -0.2) is 42.0 Å². The maximum Gasteiger partial charge on any atom is 0.303 e. The summed E-state index contributed by atoms with van der Waals surface area (Å²) in [5, 5.41) is 8.55. The van der Waals surface area contributed by atoms with E-state index in [1.165, 1.54) is 0 Å². The number of nitrogens with zero attached hydrogens (tertiary/aromatic N) is 1. The van der Waals surface area contributed by atoms with Crippen molar-refractivity contribution in [1.29, 1.82) is 0 Å². The number of rotatable bonds is 7. The lowest BCUT2D eigenvalue weighted by molar-refractivity contribution is -0.137. The second-order valence-corrected chi connectivity index (χ2v) is 4.46. The Balaban J connectivity index is 2.53. The monoisotopic (exact) mass is 264 g/mol. The first kappa shape index (κ1) is 15.2. The fraction of sp³-hybridized carbons (Fsp3) is 0.429. The van der Waals surface area contributed by atoms with Crippen molar-refractivity contribution in [2.24, 2.45) is 5.73 Å². The van der Waals surface area contributed by atoms with Crippen LogP contribution in [0.3, 0.4) is 0 Å². The van der Waals surface area contributed by atoms with Crippen molar-refractivity contribution in [2.75, 3.05) is 20.1 Å². The zero-order chi connectivity index (χ0) is 14.3. The Morgan fingerprint density at radius 3 is 2.42 bits per heavy atom. The van der Waals surface area contributed by atoms with Gasteiger partial charge in [0, 0.05) is 25.6 Å². The molecule has 19 heavy (non-hydrogen) atoms. The minimum absolute atomic E-state index is 0.0764. The van der Waals surface area contributed by atoms with Crippen molar-refractivity contribution in [2.45, 2.75) is 19.3 Å². The van der Waals surface area contributed by atoms with Crippen LogP contribution in [0.4, 0.5) is 0 Å². The molecule has 0 unspecified atom stereocenters. The Morgan fingerprint density at radius 2 is 1.89 bits per heavy atom. The van der Waals surface area contributed by atoms with E-state index in [1.807, 2.05) is 12.1 Å². The van der Waals surface area contributed by atoms with E-state index in [-0.39, 0.29) is 12.3 Å². The molecular weight excluding hydrogens is 244 g/mol. The van der Waals surface area contributed by atoms with Gasteiger partial charge in [0.25, 0.3) is 5.91 Å². The summed E-state index contributed by atoms with van der Waals surface area (Å²) < 4.78 is 0. The lowest BCUT2D eigenvalue weighted by atomic mass is 10.1. The second-order valence-electron chi connectivity index (χ2n) is 4.46. The number of carboxylic acids is 1. The average Bonchev–Trinajstić information content (AvgIpc) is 2.38. The topological polar surface area (TPSA) is 83.6 Å². The number of aliphatic carboxylic acids is 1. The molecule has 5 heteroatoms. The molecule has 0 bridgehead atoms. The summed E-state index contributed by atoms with van der Waals surface area (Å²) in [6.07, 6.45) is 1.33. The number of carboxylic acid groups (broad SMARTS) is 1. The van der Waals surface area contributed by atoms with Crippen molar-refractivity contribution >= 4 is 11.9 Å². The first-order valence-electron chi connectivity index (χ1n) is 6.31. The summed E-state index contributed by atoms with van der Waals surface area (Å²) in [5.74, 6) is -0.934. The Morgan fingerprint density at radius 1 is 1.26 bits per heavy atom. The van der Waals surface area contributed by atoms with Crippen LogP contribution in [0.15, 0.2) is 24.3 Å². The van der Waals surface area contributed by atoms with Gasteiger partial charge in [0.1, 0.15) is 0 Å². The number of benzene rings is 1. The van der Waals surface area contributed by atoms with Crippen molar-refractivity contribution in [3.05, 3.63) is 35.4 Å². The number of hydrogen-bond donors (Lipinski definition) is 2. The van der Waals surface area contributed by atoms with E-state index in [9.17, 15) is 9.59 Å². The molecule has 1 amide bonds. The molecule has 0 spiro atoms. The SMILES string of the molecule is CN(CCCC(=O)O)C(=O)c1ccc(CCN)cc1. The molecule has 0 aliphatic carbocycles. The molecule has 104 valence electrons. The van der Waals surface area contributed by atoms with Gasteiger partial charge in [-0.3, -0.25) is 9.59 Å². The maximum absolute atomic E-state index is 12.0. The normalized spacial score (nSPS) is 10.2. The van der Waals surface area contributed by atoms with Gasteiger partial charge in [0.2, 0.25) is 0 Å². The van der Waals surface area contributed by atoms with Gasteiger partial charge in [-0.25, -0.2) is 0 Å². The lowest BCUT2D eigenvalue weighted by Crippen LogP contribution is -2.28. The van der Waals surface area contributed by atoms with E-state index in [0.29, 0.717) is 25.1 Å². The van der Waals surface area contributed by atoms with Crippen molar-refractivity contribution in [3.8, 4) is 0 Å². The standard InChI is InChI=1S/C14H20N2O3/c1-16(10-2-3-13(17)18)14(19)12-6-4-11(5-7-12)8-9-15/h4-7H,2-3,8-10,15H2,1H3,(H,17,18). The first-order chi connectivity index (χ1) is 9.04. The number of carbonyl (C=O) groups is 2. The highest BCUT2D eigenvalue weighted by Crippen LogP contribution is 2.08. The third-order valence-electron chi connectivity index (χ3n) is 2.86. The van der Waals surface area contributed by atoms with Crippen LogP contribution in [0.5, 0.6) is 0 Å². The van der Waals surface area contributed by atoms with Crippen molar-refractivity contribution in [1.82, 2.24) is 4.90 Å². The van der Waals surface area contributed by atoms with Crippen LogP contribution < -0.4 is 5.73 Å². The molecule has 0 heterocycles. The minimum atomic E-state index is -0.841. The van der Waals surface area contributed by atoms with Crippen LogP contribution in [0.1, 0.15) is 28.8 Å². The molecule has 0 saturated carbocycles. The lowest BCUT2D eigenvalue weighted by Gasteiger charge is -2.16. The molecule has 5 nitrogen and oxygen atoms in total.